The zero-order chi connectivity index (χ0) is 25.4. The van der Waals surface area contributed by atoms with Gasteiger partial charge >= 0.3 is 0 Å². The SMILES string of the molecule is COc1cc(C)c(/C(O)=C2\C(=O)C(=O)N(c3ccc(Cl)cc3)C2c2ccc(O)cc2)cc1C(C)C. The van der Waals surface area contributed by atoms with Gasteiger partial charge in [0.05, 0.1) is 18.7 Å². The number of aliphatic hydroxyl groups is 1. The van der Waals surface area contributed by atoms with Gasteiger partial charge in [-0.2, -0.15) is 0 Å². The maximum absolute atomic E-state index is 13.4. The molecule has 1 unspecified atom stereocenters. The summed E-state index contributed by atoms with van der Waals surface area (Å²) < 4.78 is 5.51. The number of anilines is 1. The van der Waals surface area contributed by atoms with E-state index < -0.39 is 17.7 Å². The first-order chi connectivity index (χ1) is 16.6. The van der Waals surface area contributed by atoms with Crippen LogP contribution in [0.1, 0.15) is 48.1 Å². The zero-order valence-electron chi connectivity index (χ0n) is 19.9. The van der Waals surface area contributed by atoms with Crippen molar-refractivity contribution < 1.29 is 24.5 Å². The molecule has 0 radical (unpaired) electrons. The molecule has 1 aliphatic heterocycles. The van der Waals surface area contributed by atoms with Gasteiger partial charge in [0.2, 0.25) is 0 Å². The average molecular weight is 492 g/mol. The largest absolute Gasteiger partial charge is 0.508 e. The van der Waals surface area contributed by atoms with Gasteiger partial charge in [0.15, 0.2) is 0 Å². The van der Waals surface area contributed by atoms with Crippen molar-refractivity contribution in [2.75, 3.05) is 12.0 Å². The molecule has 35 heavy (non-hydrogen) atoms. The lowest BCUT2D eigenvalue weighted by Crippen LogP contribution is -2.29. The van der Waals surface area contributed by atoms with E-state index in [4.69, 9.17) is 16.3 Å². The number of ketones is 1. The van der Waals surface area contributed by atoms with Crippen LogP contribution in [0.5, 0.6) is 11.5 Å². The highest BCUT2D eigenvalue weighted by molar-refractivity contribution is 6.51. The molecule has 0 spiro atoms. The van der Waals surface area contributed by atoms with E-state index in [0.717, 1.165) is 5.56 Å². The van der Waals surface area contributed by atoms with Crippen LogP contribution >= 0.6 is 11.6 Å². The van der Waals surface area contributed by atoms with Crippen LogP contribution in [0.4, 0.5) is 5.69 Å². The number of hydrogen-bond donors (Lipinski definition) is 2. The van der Waals surface area contributed by atoms with Gasteiger partial charge in [-0.1, -0.05) is 37.6 Å². The molecule has 6 nitrogen and oxygen atoms in total. The molecule has 3 aromatic carbocycles. The molecule has 2 N–H and O–H groups in total. The Morgan fingerprint density at radius 3 is 2.23 bits per heavy atom. The van der Waals surface area contributed by atoms with E-state index in [9.17, 15) is 19.8 Å². The fourth-order valence-corrected chi connectivity index (χ4v) is 4.52. The molecular weight excluding hydrogens is 466 g/mol. The Hall–Kier alpha value is -3.77. The smallest absolute Gasteiger partial charge is 0.300 e. The van der Waals surface area contributed by atoms with Gasteiger partial charge in [-0.15, -0.1) is 0 Å². The number of aryl methyl sites for hydroxylation is 1. The van der Waals surface area contributed by atoms with Crippen LogP contribution in [0.2, 0.25) is 5.02 Å². The Bertz CT molecular complexity index is 1330. The number of ether oxygens (including phenoxy) is 1. The van der Waals surface area contributed by atoms with Gasteiger partial charge < -0.3 is 14.9 Å². The summed E-state index contributed by atoms with van der Waals surface area (Å²) in [5.41, 5.74) is 3.02. The Labute approximate surface area is 209 Å². The second-order valence-corrected chi connectivity index (χ2v) is 9.24. The predicted molar refractivity (Wildman–Crippen MR) is 136 cm³/mol. The number of phenols is 1. The normalized spacial score (nSPS) is 17.3. The minimum atomic E-state index is -0.902. The zero-order valence-corrected chi connectivity index (χ0v) is 20.6. The van der Waals surface area contributed by atoms with E-state index in [1.165, 1.54) is 17.0 Å². The maximum atomic E-state index is 13.4. The molecule has 4 rings (SSSR count). The Kier molecular flexibility index (Phi) is 6.59. The molecule has 1 saturated heterocycles. The van der Waals surface area contributed by atoms with Gasteiger partial charge in [-0.25, -0.2) is 0 Å². The van der Waals surface area contributed by atoms with Crippen LogP contribution in [-0.2, 0) is 9.59 Å². The van der Waals surface area contributed by atoms with E-state index in [1.54, 1.807) is 49.6 Å². The lowest BCUT2D eigenvalue weighted by molar-refractivity contribution is -0.132. The number of nitrogens with zero attached hydrogens (tertiary/aromatic N) is 1. The monoisotopic (exact) mass is 491 g/mol. The summed E-state index contributed by atoms with van der Waals surface area (Å²) in [6, 6.07) is 15.5. The summed E-state index contributed by atoms with van der Waals surface area (Å²) in [4.78, 5) is 28.0. The van der Waals surface area contributed by atoms with Crippen LogP contribution in [0.3, 0.4) is 0 Å². The number of aromatic hydroxyl groups is 1. The number of aliphatic hydroxyl groups excluding tert-OH is 1. The first-order valence-electron chi connectivity index (χ1n) is 11.2. The van der Waals surface area contributed by atoms with E-state index >= 15 is 0 Å². The van der Waals surface area contributed by atoms with Gasteiger partial charge in [-0.05, 0) is 78.1 Å². The van der Waals surface area contributed by atoms with Gasteiger partial charge in [0.1, 0.15) is 17.3 Å². The summed E-state index contributed by atoms with van der Waals surface area (Å²) in [7, 11) is 1.59. The molecule has 0 aromatic heterocycles. The van der Waals surface area contributed by atoms with E-state index in [-0.39, 0.29) is 23.0 Å². The van der Waals surface area contributed by atoms with E-state index in [0.29, 0.717) is 33.1 Å². The molecular formula is C28H26ClNO5. The molecule has 1 heterocycles. The molecule has 1 aliphatic rings. The van der Waals surface area contributed by atoms with E-state index in [2.05, 4.69) is 0 Å². The second-order valence-electron chi connectivity index (χ2n) is 8.80. The summed E-state index contributed by atoms with van der Waals surface area (Å²) in [6.45, 7) is 5.83. The van der Waals surface area contributed by atoms with Crippen LogP contribution in [0.15, 0.2) is 66.2 Å². The minimum Gasteiger partial charge on any atom is -0.508 e. The van der Waals surface area contributed by atoms with Crippen molar-refractivity contribution in [3.8, 4) is 11.5 Å². The number of carbonyl (C=O) groups excluding carboxylic acids is 2. The standard InChI is InChI=1S/C28H26ClNO5/c1-15(2)21-14-22(16(3)13-23(21)35-4)26(32)24-25(17-5-11-20(31)12-6-17)30(28(34)27(24)33)19-9-7-18(29)8-10-19/h5-15,25,31-32H,1-4H3/b26-24+. The Morgan fingerprint density at radius 2 is 1.66 bits per heavy atom. The van der Waals surface area contributed by atoms with Crippen molar-refractivity contribution in [3.63, 3.8) is 0 Å². The summed E-state index contributed by atoms with van der Waals surface area (Å²) in [6.07, 6.45) is 0. The molecule has 1 atom stereocenters. The third kappa shape index (κ3) is 4.37. The van der Waals surface area contributed by atoms with Crippen molar-refractivity contribution in [1.82, 2.24) is 0 Å². The Balaban J connectivity index is 1.98. The molecule has 1 fully saturated rings. The summed E-state index contributed by atoms with van der Waals surface area (Å²) in [5.74, 6) is -0.990. The van der Waals surface area contributed by atoms with Crippen LogP contribution in [0.25, 0.3) is 5.76 Å². The first-order valence-corrected chi connectivity index (χ1v) is 11.6. The molecule has 0 saturated carbocycles. The quantitative estimate of drug-likeness (QED) is 0.255. The summed E-state index contributed by atoms with van der Waals surface area (Å²) in [5, 5.41) is 21.8. The average Bonchev–Trinajstić information content (AvgIpc) is 3.09. The number of Topliss-reactive ketones (excluding diaryl/α,β-unsaturated/α-hetero) is 1. The molecule has 3 aromatic rings. The fraction of sp³-hybridized carbons (Fsp3) is 0.214. The predicted octanol–water partition coefficient (Wildman–Crippen LogP) is 6.11. The lowest BCUT2D eigenvalue weighted by Gasteiger charge is -2.26. The number of hydrogen-bond acceptors (Lipinski definition) is 5. The van der Waals surface area contributed by atoms with Crippen molar-refractivity contribution in [1.29, 1.82) is 0 Å². The number of phenolic OH excluding ortho intramolecular Hbond substituents is 1. The maximum Gasteiger partial charge on any atom is 0.300 e. The molecule has 7 heteroatoms. The van der Waals surface area contributed by atoms with E-state index in [1.807, 2.05) is 26.8 Å². The number of benzene rings is 3. The van der Waals surface area contributed by atoms with Crippen molar-refractivity contribution in [3.05, 3.63) is 93.5 Å². The molecule has 0 aliphatic carbocycles. The van der Waals surface area contributed by atoms with Gasteiger partial charge in [0, 0.05) is 16.3 Å². The summed E-state index contributed by atoms with van der Waals surface area (Å²) >= 11 is 6.04. The number of amides is 1. The first kappa shape index (κ1) is 24.4. The minimum absolute atomic E-state index is 0.0291. The van der Waals surface area contributed by atoms with Crippen LogP contribution in [0, 0.1) is 6.92 Å². The van der Waals surface area contributed by atoms with Gasteiger partial charge in [-0.3, -0.25) is 14.5 Å². The van der Waals surface area contributed by atoms with Gasteiger partial charge in [0.25, 0.3) is 11.7 Å². The van der Waals surface area contributed by atoms with Crippen LogP contribution in [-0.4, -0.2) is 29.0 Å². The van der Waals surface area contributed by atoms with Crippen molar-refractivity contribution in [2.24, 2.45) is 0 Å². The highest BCUT2D eigenvalue weighted by atomic mass is 35.5. The fourth-order valence-electron chi connectivity index (χ4n) is 4.40. The number of halogens is 1. The third-order valence-corrected chi connectivity index (χ3v) is 6.46. The second kappa shape index (κ2) is 9.47. The Morgan fingerprint density at radius 1 is 1.03 bits per heavy atom. The number of methoxy groups -OCH3 is 1. The van der Waals surface area contributed by atoms with Crippen molar-refractivity contribution in [2.45, 2.75) is 32.7 Å². The third-order valence-electron chi connectivity index (χ3n) is 6.21. The molecule has 1 amide bonds. The highest BCUT2D eigenvalue weighted by Crippen LogP contribution is 2.43. The number of carbonyl (C=O) groups is 2. The lowest BCUT2D eigenvalue weighted by atomic mass is 9.91. The topological polar surface area (TPSA) is 87.1 Å². The van der Waals surface area contributed by atoms with Crippen LogP contribution < -0.4 is 9.64 Å². The highest BCUT2D eigenvalue weighted by Gasteiger charge is 2.47. The number of rotatable bonds is 5. The van der Waals surface area contributed by atoms with Crippen molar-refractivity contribution >= 4 is 34.7 Å². The molecule has 180 valence electrons. The molecule has 0 bridgehead atoms.